The molecule has 1 aliphatic carbocycles. The van der Waals surface area contributed by atoms with E-state index in [0.29, 0.717) is 11.7 Å². The highest BCUT2D eigenvalue weighted by molar-refractivity contribution is 7.13. The molecule has 5 nitrogen and oxygen atoms in total. The fraction of sp³-hybridized carbons (Fsp3) is 0.278. The molecule has 0 radical (unpaired) electrons. The van der Waals surface area contributed by atoms with E-state index < -0.39 is 0 Å². The lowest BCUT2D eigenvalue weighted by Crippen LogP contribution is -2.34. The summed E-state index contributed by atoms with van der Waals surface area (Å²) in [5.74, 6) is 1.30. The van der Waals surface area contributed by atoms with Gasteiger partial charge in [0.15, 0.2) is 5.82 Å². The van der Waals surface area contributed by atoms with Crippen molar-refractivity contribution in [1.29, 1.82) is 0 Å². The van der Waals surface area contributed by atoms with E-state index in [1.807, 2.05) is 54.8 Å². The lowest BCUT2D eigenvalue weighted by atomic mass is 10.2. The first-order valence-corrected chi connectivity index (χ1v) is 8.97. The Morgan fingerprint density at radius 3 is 2.71 bits per heavy atom. The normalized spacial score (nSPS) is 15.2. The van der Waals surface area contributed by atoms with Gasteiger partial charge in [-0.15, -0.1) is 16.4 Å². The number of carbonyl (C=O) groups is 1. The van der Waals surface area contributed by atoms with Crippen LogP contribution in [0.1, 0.15) is 30.4 Å². The maximum absolute atomic E-state index is 12.5. The Hall–Kier alpha value is -2.47. The van der Waals surface area contributed by atoms with Crippen molar-refractivity contribution in [2.45, 2.75) is 25.8 Å². The van der Waals surface area contributed by atoms with E-state index in [0.717, 1.165) is 10.6 Å². The lowest BCUT2D eigenvalue weighted by molar-refractivity contribution is 0.0925. The summed E-state index contributed by atoms with van der Waals surface area (Å²) in [5.41, 5.74) is 0.891. The molecule has 4 rings (SSSR count). The third-order valence-corrected chi connectivity index (χ3v) is 5.11. The Bertz CT molecular complexity index is 837. The zero-order valence-corrected chi connectivity index (χ0v) is 14.2. The molecule has 2 aromatic heterocycles. The highest BCUT2D eigenvalue weighted by Gasteiger charge is 2.30. The molecule has 0 spiro atoms. The van der Waals surface area contributed by atoms with Crippen LogP contribution in [0.25, 0.3) is 16.4 Å². The van der Waals surface area contributed by atoms with Crippen molar-refractivity contribution in [2.75, 3.05) is 0 Å². The topological polar surface area (TPSA) is 59.8 Å². The third-order valence-electron chi connectivity index (χ3n) is 4.24. The van der Waals surface area contributed by atoms with Crippen LogP contribution in [0.5, 0.6) is 0 Å². The zero-order chi connectivity index (χ0) is 16.5. The second-order valence-electron chi connectivity index (χ2n) is 6.08. The molecule has 2 heterocycles. The van der Waals surface area contributed by atoms with E-state index >= 15 is 0 Å². The second kappa shape index (κ2) is 6.20. The quantitative estimate of drug-likeness (QED) is 0.774. The molecule has 1 unspecified atom stereocenters. The predicted molar refractivity (Wildman–Crippen MR) is 94.3 cm³/mol. The number of benzene rings is 1. The Kier molecular flexibility index (Phi) is 3.90. The molecule has 1 aliphatic rings. The maximum atomic E-state index is 12.5. The molecule has 0 saturated heterocycles. The van der Waals surface area contributed by atoms with Crippen molar-refractivity contribution in [3.8, 4) is 16.4 Å². The predicted octanol–water partition coefficient (Wildman–Crippen LogP) is 3.52. The first-order valence-electron chi connectivity index (χ1n) is 8.09. The SMILES string of the molecule is CC(NC(=O)c1nc(-c2cccs2)n(-c2ccccc2)n1)C1CC1. The van der Waals surface area contributed by atoms with Crippen LogP contribution in [-0.4, -0.2) is 26.7 Å². The van der Waals surface area contributed by atoms with Gasteiger partial charge in [0.05, 0.1) is 10.6 Å². The number of aromatic nitrogens is 3. The number of nitrogens with one attached hydrogen (secondary N) is 1. The standard InChI is InChI=1S/C18H18N4OS/c1-12(13-9-10-13)19-18(23)16-20-17(15-8-5-11-24-15)22(21-16)14-6-3-2-4-7-14/h2-8,11-13H,9-10H2,1H3,(H,19,23). The van der Waals surface area contributed by atoms with Gasteiger partial charge in [-0.25, -0.2) is 9.67 Å². The average molecular weight is 338 g/mol. The smallest absolute Gasteiger partial charge is 0.291 e. The third kappa shape index (κ3) is 2.97. The molecule has 1 saturated carbocycles. The van der Waals surface area contributed by atoms with Gasteiger partial charge >= 0.3 is 0 Å². The Morgan fingerprint density at radius 1 is 1.25 bits per heavy atom. The highest BCUT2D eigenvalue weighted by Crippen LogP contribution is 2.32. The van der Waals surface area contributed by atoms with Crippen LogP contribution in [0.2, 0.25) is 0 Å². The molecule has 1 atom stereocenters. The maximum Gasteiger partial charge on any atom is 0.291 e. The van der Waals surface area contributed by atoms with Crippen LogP contribution < -0.4 is 5.32 Å². The number of amides is 1. The summed E-state index contributed by atoms with van der Waals surface area (Å²) in [4.78, 5) is 18.0. The first kappa shape index (κ1) is 15.1. The Balaban J connectivity index is 1.70. The number of hydrogen-bond donors (Lipinski definition) is 1. The number of para-hydroxylation sites is 1. The van der Waals surface area contributed by atoms with Crippen molar-refractivity contribution in [3.05, 3.63) is 53.7 Å². The second-order valence-corrected chi connectivity index (χ2v) is 7.03. The fourth-order valence-corrected chi connectivity index (χ4v) is 3.41. The highest BCUT2D eigenvalue weighted by atomic mass is 32.1. The lowest BCUT2D eigenvalue weighted by Gasteiger charge is -2.10. The number of hydrogen-bond acceptors (Lipinski definition) is 4. The minimum Gasteiger partial charge on any atom is -0.347 e. The molecular formula is C18H18N4OS. The molecule has 1 amide bonds. The summed E-state index contributed by atoms with van der Waals surface area (Å²) in [5, 5.41) is 9.49. The number of nitrogens with zero attached hydrogens (tertiary/aromatic N) is 3. The van der Waals surface area contributed by atoms with Gasteiger partial charge < -0.3 is 5.32 Å². The molecule has 0 aliphatic heterocycles. The molecule has 1 fully saturated rings. The largest absolute Gasteiger partial charge is 0.347 e. The number of thiophene rings is 1. The van der Waals surface area contributed by atoms with Crippen LogP contribution in [-0.2, 0) is 0 Å². The van der Waals surface area contributed by atoms with Crippen molar-refractivity contribution < 1.29 is 4.79 Å². The van der Waals surface area contributed by atoms with Gasteiger partial charge in [0.2, 0.25) is 5.82 Å². The Labute approximate surface area is 144 Å². The molecule has 6 heteroatoms. The van der Waals surface area contributed by atoms with E-state index in [1.165, 1.54) is 12.8 Å². The summed E-state index contributed by atoms with van der Waals surface area (Å²) in [6, 6.07) is 13.9. The average Bonchev–Trinajstić information content (AvgIpc) is 3.14. The molecule has 1 N–H and O–H groups in total. The fourth-order valence-electron chi connectivity index (χ4n) is 2.71. The van der Waals surface area contributed by atoms with Crippen molar-refractivity contribution in [2.24, 2.45) is 5.92 Å². The van der Waals surface area contributed by atoms with E-state index in [4.69, 9.17) is 0 Å². The van der Waals surface area contributed by atoms with Gasteiger partial charge in [0.25, 0.3) is 5.91 Å². The number of carbonyl (C=O) groups excluding carboxylic acids is 1. The van der Waals surface area contributed by atoms with Crippen LogP contribution in [0.15, 0.2) is 47.8 Å². The summed E-state index contributed by atoms with van der Waals surface area (Å²) >= 11 is 1.58. The number of rotatable bonds is 5. The van der Waals surface area contributed by atoms with Gasteiger partial charge in [-0.1, -0.05) is 24.3 Å². The molecule has 3 aromatic rings. The van der Waals surface area contributed by atoms with Crippen LogP contribution in [0.3, 0.4) is 0 Å². The molecule has 122 valence electrons. The van der Waals surface area contributed by atoms with Crippen molar-refractivity contribution >= 4 is 17.2 Å². The van der Waals surface area contributed by atoms with Crippen molar-refractivity contribution in [1.82, 2.24) is 20.1 Å². The van der Waals surface area contributed by atoms with E-state index in [2.05, 4.69) is 15.4 Å². The molecule has 0 bridgehead atoms. The van der Waals surface area contributed by atoms with Gasteiger partial charge in [-0.2, -0.15) is 0 Å². The monoisotopic (exact) mass is 338 g/mol. The van der Waals surface area contributed by atoms with Gasteiger partial charge in [0, 0.05) is 6.04 Å². The summed E-state index contributed by atoms with van der Waals surface area (Å²) in [6.07, 6.45) is 2.38. The van der Waals surface area contributed by atoms with Crippen molar-refractivity contribution in [3.63, 3.8) is 0 Å². The molecule has 24 heavy (non-hydrogen) atoms. The summed E-state index contributed by atoms with van der Waals surface area (Å²) in [6.45, 7) is 2.05. The van der Waals surface area contributed by atoms with Crippen LogP contribution in [0, 0.1) is 5.92 Å². The van der Waals surface area contributed by atoms with Crippen LogP contribution >= 0.6 is 11.3 Å². The summed E-state index contributed by atoms with van der Waals surface area (Å²) < 4.78 is 1.74. The zero-order valence-electron chi connectivity index (χ0n) is 13.3. The minimum absolute atomic E-state index is 0.173. The Morgan fingerprint density at radius 2 is 2.04 bits per heavy atom. The van der Waals surface area contributed by atoms with E-state index in [9.17, 15) is 4.79 Å². The first-order chi connectivity index (χ1) is 11.7. The van der Waals surface area contributed by atoms with Crippen LogP contribution in [0.4, 0.5) is 0 Å². The van der Waals surface area contributed by atoms with Gasteiger partial charge in [-0.05, 0) is 49.3 Å². The summed E-state index contributed by atoms with van der Waals surface area (Å²) in [7, 11) is 0. The van der Waals surface area contributed by atoms with E-state index in [-0.39, 0.29) is 17.8 Å². The molecule has 1 aromatic carbocycles. The molecular weight excluding hydrogens is 320 g/mol. The van der Waals surface area contributed by atoms with E-state index in [1.54, 1.807) is 16.0 Å². The van der Waals surface area contributed by atoms with Gasteiger partial charge in [-0.3, -0.25) is 4.79 Å². The van der Waals surface area contributed by atoms with Gasteiger partial charge in [0.1, 0.15) is 0 Å². The minimum atomic E-state index is -0.207.